The summed E-state index contributed by atoms with van der Waals surface area (Å²) in [6.07, 6.45) is 0. The van der Waals surface area contributed by atoms with Crippen LogP contribution in [0.15, 0.2) is 4.90 Å². The number of aromatic nitrogens is 2. The van der Waals surface area contributed by atoms with Gasteiger partial charge in [0.25, 0.3) is 0 Å². The number of hydrogen-bond donors (Lipinski definition) is 3. The second-order valence-corrected chi connectivity index (χ2v) is 7.54. The van der Waals surface area contributed by atoms with Crippen LogP contribution in [0.2, 0.25) is 0 Å². The molecule has 0 fully saturated rings. The van der Waals surface area contributed by atoms with Crippen LogP contribution >= 0.6 is 0 Å². The van der Waals surface area contributed by atoms with E-state index in [1.165, 1.54) is 0 Å². The molecule has 1 aromatic rings. The molecule has 0 amide bonds. The number of likely N-dealkylation sites (N-methyl/N-ethyl adjacent to an activating group) is 1. The number of sulfonamides is 1. The van der Waals surface area contributed by atoms with Crippen molar-refractivity contribution in [1.29, 1.82) is 0 Å². The molecule has 0 radical (unpaired) electrons. The lowest BCUT2D eigenvalue weighted by Gasteiger charge is -2.25. The molecule has 1 unspecified atom stereocenters. The molecule has 0 aliphatic carbocycles. The third-order valence-corrected chi connectivity index (χ3v) is 4.94. The average Bonchev–Trinajstić information content (AvgIpc) is 2.70. The molecule has 0 bridgehead atoms. The van der Waals surface area contributed by atoms with Crippen molar-refractivity contribution in [3.8, 4) is 0 Å². The largest absolute Gasteiger partial charge is 0.314 e. The Hall–Kier alpha value is -0.960. The Labute approximate surface area is 127 Å². The molecular weight excluding hydrogens is 290 g/mol. The van der Waals surface area contributed by atoms with Crippen LogP contribution in [0.4, 0.5) is 0 Å². The molecule has 1 atom stereocenters. The first-order valence-electron chi connectivity index (χ1n) is 7.04. The number of aryl methyl sites for hydroxylation is 1. The lowest BCUT2D eigenvalue weighted by Crippen LogP contribution is -2.45. The van der Waals surface area contributed by atoms with Gasteiger partial charge in [-0.05, 0) is 34.0 Å². The minimum atomic E-state index is -3.60. The van der Waals surface area contributed by atoms with Gasteiger partial charge in [-0.2, -0.15) is 5.10 Å². The van der Waals surface area contributed by atoms with E-state index in [1.807, 2.05) is 32.8 Å². The van der Waals surface area contributed by atoms with Crippen molar-refractivity contribution in [2.45, 2.75) is 38.3 Å². The number of hydrogen-bond acceptors (Lipinski definition) is 5. The highest BCUT2D eigenvalue weighted by Crippen LogP contribution is 2.19. The molecule has 0 saturated heterocycles. The van der Waals surface area contributed by atoms with Crippen LogP contribution in [0.1, 0.15) is 25.2 Å². The molecule has 0 saturated carbocycles. The number of aromatic amines is 1. The van der Waals surface area contributed by atoms with Crippen molar-refractivity contribution in [2.75, 3.05) is 27.7 Å². The zero-order valence-electron chi connectivity index (χ0n) is 13.7. The lowest BCUT2D eigenvalue weighted by atomic mass is 10.1. The predicted molar refractivity (Wildman–Crippen MR) is 83.6 cm³/mol. The minimum absolute atomic E-state index is 0.151. The van der Waals surface area contributed by atoms with Gasteiger partial charge >= 0.3 is 0 Å². The quantitative estimate of drug-likeness (QED) is 0.642. The molecule has 0 aliphatic heterocycles. The van der Waals surface area contributed by atoms with Crippen LogP contribution in [0, 0.1) is 12.8 Å². The minimum Gasteiger partial charge on any atom is -0.314 e. The van der Waals surface area contributed by atoms with Crippen LogP contribution in [-0.4, -0.2) is 57.2 Å². The molecule has 7 nitrogen and oxygen atoms in total. The fourth-order valence-corrected chi connectivity index (χ4v) is 3.89. The number of nitrogens with one attached hydrogen (secondary N) is 3. The van der Waals surface area contributed by atoms with Crippen molar-refractivity contribution in [1.82, 2.24) is 25.1 Å². The van der Waals surface area contributed by atoms with Crippen LogP contribution in [-0.2, 0) is 16.6 Å². The summed E-state index contributed by atoms with van der Waals surface area (Å²) in [6, 6.07) is -0.151. The highest BCUT2D eigenvalue weighted by Gasteiger charge is 2.28. The summed E-state index contributed by atoms with van der Waals surface area (Å²) in [4.78, 5) is 2.23. The van der Waals surface area contributed by atoms with Gasteiger partial charge in [0.15, 0.2) is 0 Å². The van der Waals surface area contributed by atoms with Gasteiger partial charge in [0.2, 0.25) is 10.0 Å². The van der Waals surface area contributed by atoms with Gasteiger partial charge in [-0.25, -0.2) is 13.1 Å². The van der Waals surface area contributed by atoms with E-state index in [0.717, 1.165) is 0 Å². The van der Waals surface area contributed by atoms with Gasteiger partial charge < -0.3 is 10.2 Å². The van der Waals surface area contributed by atoms with E-state index in [9.17, 15) is 8.42 Å². The second kappa shape index (κ2) is 7.35. The fraction of sp³-hybridized carbons (Fsp3) is 0.769. The fourth-order valence-electron chi connectivity index (χ4n) is 2.15. The first kappa shape index (κ1) is 18.1. The SMILES string of the molecule is CNCc1n[nH]c(C)c1S(=O)(=O)NC(CN(C)C)C(C)C. The normalized spacial score (nSPS) is 14.1. The highest BCUT2D eigenvalue weighted by atomic mass is 32.2. The van der Waals surface area contributed by atoms with Gasteiger partial charge in [-0.1, -0.05) is 13.8 Å². The van der Waals surface area contributed by atoms with Crippen LogP contribution in [0.5, 0.6) is 0 Å². The molecule has 8 heteroatoms. The summed E-state index contributed by atoms with van der Waals surface area (Å²) < 4.78 is 28.2. The molecule has 0 aliphatic rings. The standard InChI is InChI=1S/C13H27N5O2S/c1-9(2)12(8-18(5)6)17-21(19,20)13-10(3)15-16-11(13)7-14-4/h9,12,14,17H,7-8H2,1-6H3,(H,15,16). The van der Waals surface area contributed by atoms with E-state index < -0.39 is 10.0 Å². The highest BCUT2D eigenvalue weighted by molar-refractivity contribution is 7.89. The maximum Gasteiger partial charge on any atom is 0.244 e. The molecule has 1 heterocycles. The molecular formula is C13H27N5O2S. The van der Waals surface area contributed by atoms with Crippen molar-refractivity contribution < 1.29 is 8.42 Å². The monoisotopic (exact) mass is 317 g/mol. The maximum absolute atomic E-state index is 12.7. The molecule has 0 spiro atoms. The van der Waals surface area contributed by atoms with Crippen molar-refractivity contribution in [2.24, 2.45) is 5.92 Å². The average molecular weight is 317 g/mol. The lowest BCUT2D eigenvalue weighted by molar-refractivity contribution is 0.314. The molecule has 1 aromatic heterocycles. The predicted octanol–water partition coefficient (Wildman–Crippen LogP) is 0.302. The first-order valence-corrected chi connectivity index (χ1v) is 8.52. The molecule has 122 valence electrons. The van der Waals surface area contributed by atoms with Gasteiger partial charge in [-0.3, -0.25) is 5.10 Å². The van der Waals surface area contributed by atoms with Gasteiger partial charge in [0.1, 0.15) is 4.90 Å². The molecule has 0 aromatic carbocycles. The molecule has 3 N–H and O–H groups in total. The van der Waals surface area contributed by atoms with E-state index in [2.05, 4.69) is 20.2 Å². The van der Waals surface area contributed by atoms with Gasteiger partial charge in [0, 0.05) is 19.1 Å². The van der Waals surface area contributed by atoms with E-state index in [1.54, 1.807) is 14.0 Å². The first-order chi connectivity index (χ1) is 9.69. The smallest absolute Gasteiger partial charge is 0.244 e. The number of H-pyrrole nitrogens is 1. The second-order valence-electron chi connectivity index (χ2n) is 5.89. The van der Waals surface area contributed by atoms with E-state index >= 15 is 0 Å². The summed E-state index contributed by atoms with van der Waals surface area (Å²) in [7, 11) is 2.02. The summed E-state index contributed by atoms with van der Waals surface area (Å²) >= 11 is 0. The Balaban J connectivity index is 3.07. The van der Waals surface area contributed by atoms with Crippen molar-refractivity contribution in [3.05, 3.63) is 11.4 Å². The number of nitrogens with zero attached hydrogens (tertiary/aromatic N) is 2. The summed E-state index contributed by atoms with van der Waals surface area (Å²) in [6.45, 7) is 6.79. The van der Waals surface area contributed by atoms with E-state index in [-0.39, 0.29) is 16.9 Å². The third-order valence-electron chi connectivity index (χ3n) is 3.25. The van der Waals surface area contributed by atoms with E-state index in [0.29, 0.717) is 24.5 Å². The molecule has 21 heavy (non-hydrogen) atoms. The van der Waals surface area contributed by atoms with Crippen LogP contribution in [0.3, 0.4) is 0 Å². The molecule has 1 rings (SSSR count). The van der Waals surface area contributed by atoms with Crippen molar-refractivity contribution in [3.63, 3.8) is 0 Å². The van der Waals surface area contributed by atoms with E-state index in [4.69, 9.17) is 0 Å². The maximum atomic E-state index is 12.7. The van der Waals surface area contributed by atoms with Crippen molar-refractivity contribution >= 4 is 10.0 Å². The number of rotatable bonds is 8. The Morgan fingerprint density at radius 2 is 1.95 bits per heavy atom. The third kappa shape index (κ3) is 4.77. The Morgan fingerprint density at radius 3 is 2.43 bits per heavy atom. The Kier molecular flexibility index (Phi) is 6.33. The summed E-state index contributed by atoms with van der Waals surface area (Å²) in [5.41, 5.74) is 1.06. The topological polar surface area (TPSA) is 90.1 Å². The summed E-state index contributed by atoms with van der Waals surface area (Å²) in [5.74, 6) is 0.196. The Morgan fingerprint density at radius 1 is 1.33 bits per heavy atom. The zero-order valence-corrected chi connectivity index (χ0v) is 14.5. The van der Waals surface area contributed by atoms with Gasteiger partial charge in [-0.15, -0.1) is 0 Å². The zero-order chi connectivity index (χ0) is 16.2. The summed E-state index contributed by atoms with van der Waals surface area (Å²) in [5, 5.41) is 9.75. The van der Waals surface area contributed by atoms with Crippen LogP contribution in [0.25, 0.3) is 0 Å². The Bertz CT molecular complexity index is 551. The van der Waals surface area contributed by atoms with Crippen LogP contribution < -0.4 is 10.0 Å². The van der Waals surface area contributed by atoms with Gasteiger partial charge in [0.05, 0.1) is 11.4 Å².